The molecular weight excluding hydrogens is 373 g/mol. The summed E-state index contributed by atoms with van der Waals surface area (Å²) in [6.45, 7) is -1.00. The topological polar surface area (TPSA) is 87.1 Å². The van der Waals surface area contributed by atoms with Crippen molar-refractivity contribution in [3.05, 3.63) is 35.7 Å². The Labute approximate surface area is 159 Å². The van der Waals surface area contributed by atoms with E-state index in [0.29, 0.717) is 30.0 Å². The Morgan fingerprint density at radius 1 is 1.25 bits per heavy atom. The van der Waals surface area contributed by atoms with Gasteiger partial charge in [0.2, 0.25) is 0 Å². The third kappa shape index (κ3) is 4.10. The van der Waals surface area contributed by atoms with E-state index in [9.17, 15) is 18.0 Å². The van der Waals surface area contributed by atoms with Crippen LogP contribution in [0, 0.1) is 0 Å². The van der Waals surface area contributed by atoms with E-state index in [2.05, 4.69) is 20.6 Å². The van der Waals surface area contributed by atoms with Crippen molar-refractivity contribution in [3.63, 3.8) is 0 Å². The molecule has 2 aromatic heterocycles. The Morgan fingerprint density at radius 2 is 2.00 bits per heavy atom. The fraction of sp³-hybridized carbons (Fsp3) is 0.526. The molecule has 0 aliphatic heterocycles. The number of carbonyl (C=O) groups excluding carboxylic acids is 1. The summed E-state index contributed by atoms with van der Waals surface area (Å²) in [6.07, 6.45) is 0.0439. The van der Waals surface area contributed by atoms with Crippen molar-refractivity contribution in [1.29, 1.82) is 0 Å². The number of aromatic nitrogens is 2. The Morgan fingerprint density at radius 3 is 2.64 bits per heavy atom. The highest BCUT2D eigenvalue weighted by Gasteiger charge is 2.42. The lowest BCUT2D eigenvalue weighted by Gasteiger charge is -2.38. The summed E-state index contributed by atoms with van der Waals surface area (Å²) in [6, 6.07) is 3.07. The summed E-state index contributed by atoms with van der Waals surface area (Å²) in [7, 11) is 0. The van der Waals surface area contributed by atoms with Crippen molar-refractivity contribution >= 4 is 16.9 Å². The smallest absolute Gasteiger partial charge is 0.394 e. The van der Waals surface area contributed by atoms with Gasteiger partial charge in [-0.2, -0.15) is 13.2 Å². The van der Waals surface area contributed by atoms with Crippen LogP contribution in [-0.4, -0.2) is 51.9 Å². The summed E-state index contributed by atoms with van der Waals surface area (Å²) in [5.74, 6) is 0.218. The van der Waals surface area contributed by atoms with E-state index < -0.39 is 18.8 Å². The summed E-state index contributed by atoms with van der Waals surface area (Å²) >= 11 is 0. The SMILES string of the molecule is O=C(N[C@H]1C[C@H](NC(CO)C(F)(F)F)C1)c1cnc2nc(C3CC3)ccc2c1. The van der Waals surface area contributed by atoms with Crippen molar-refractivity contribution in [3.8, 4) is 0 Å². The summed E-state index contributed by atoms with van der Waals surface area (Å²) in [5.41, 5.74) is 2.04. The van der Waals surface area contributed by atoms with Crippen LogP contribution in [0.25, 0.3) is 11.0 Å². The second-order valence-corrected chi connectivity index (χ2v) is 7.56. The molecule has 28 heavy (non-hydrogen) atoms. The van der Waals surface area contributed by atoms with Crippen molar-refractivity contribution in [2.24, 2.45) is 0 Å². The number of nitrogens with one attached hydrogen (secondary N) is 2. The molecule has 1 amide bonds. The summed E-state index contributed by atoms with van der Waals surface area (Å²) in [5, 5.41) is 14.8. The number of hydrogen-bond donors (Lipinski definition) is 3. The van der Waals surface area contributed by atoms with Crippen LogP contribution in [0.4, 0.5) is 13.2 Å². The van der Waals surface area contributed by atoms with Gasteiger partial charge in [-0.05, 0) is 43.9 Å². The fourth-order valence-corrected chi connectivity index (χ4v) is 3.43. The highest BCUT2D eigenvalue weighted by Crippen LogP contribution is 2.39. The first-order chi connectivity index (χ1) is 13.3. The highest BCUT2D eigenvalue weighted by molar-refractivity contribution is 5.97. The number of amides is 1. The minimum absolute atomic E-state index is 0.205. The number of pyridine rings is 2. The van der Waals surface area contributed by atoms with Gasteiger partial charge in [-0.1, -0.05) is 0 Å². The lowest BCUT2D eigenvalue weighted by atomic mass is 9.86. The molecule has 0 radical (unpaired) electrons. The van der Waals surface area contributed by atoms with Gasteiger partial charge < -0.3 is 15.7 Å². The zero-order chi connectivity index (χ0) is 19.9. The molecule has 150 valence electrons. The van der Waals surface area contributed by atoms with Crippen LogP contribution in [0.5, 0.6) is 0 Å². The van der Waals surface area contributed by atoms with E-state index in [4.69, 9.17) is 5.11 Å². The minimum Gasteiger partial charge on any atom is -0.394 e. The van der Waals surface area contributed by atoms with Gasteiger partial charge in [-0.15, -0.1) is 0 Å². The second kappa shape index (κ2) is 7.29. The van der Waals surface area contributed by atoms with Crippen LogP contribution >= 0.6 is 0 Å². The molecule has 0 spiro atoms. The van der Waals surface area contributed by atoms with Gasteiger partial charge in [0.05, 0.1) is 12.2 Å². The maximum absolute atomic E-state index is 12.7. The monoisotopic (exact) mass is 394 g/mol. The molecule has 2 aliphatic rings. The van der Waals surface area contributed by atoms with E-state index in [-0.39, 0.29) is 18.0 Å². The van der Waals surface area contributed by atoms with Crippen LogP contribution in [-0.2, 0) is 0 Å². The largest absolute Gasteiger partial charge is 0.406 e. The van der Waals surface area contributed by atoms with E-state index in [1.807, 2.05) is 12.1 Å². The van der Waals surface area contributed by atoms with Crippen molar-refractivity contribution < 1.29 is 23.1 Å². The lowest BCUT2D eigenvalue weighted by molar-refractivity contribution is -0.167. The zero-order valence-corrected chi connectivity index (χ0v) is 15.0. The second-order valence-electron chi connectivity index (χ2n) is 7.56. The zero-order valence-electron chi connectivity index (χ0n) is 15.0. The fourth-order valence-electron chi connectivity index (χ4n) is 3.43. The molecule has 2 saturated carbocycles. The van der Waals surface area contributed by atoms with E-state index in [0.717, 1.165) is 23.9 Å². The van der Waals surface area contributed by atoms with Crippen LogP contribution in [0.2, 0.25) is 0 Å². The van der Waals surface area contributed by atoms with Gasteiger partial charge in [0.25, 0.3) is 5.91 Å². The van der Waals surface area contributed by atoms with Crippen LogP contribution < -0.4 is 10.6 Å². The molecule has 9 heteroatoms. The quantitative estimate of drug-likeness (QED) is 0.700. The number of aliphatic hydroxyl groups is 1. The van der Waals surface area contributed by atoms with Gasteiger partial charge >= 0.3 is 6.18 Å². The molecule has 2 aromatic rings. The average molecular weight is 394 g/mol. The molecule has 4 rings (SSSR count). The number of halogens is 3. The minimum atomic E-state index is -4.49. The molecular formula is C19H21F3N4O2. The Bertz CT molecular complexity index is 879. The third-order valence-electron chi connectivity index (χ3n) is 5.31. The maximum atomic E-state index is 12.7. The third-order valence-corrected chi connectivity index (χ3v) is 5.31. The van der Waals surface area contributed by atoms with E-state index in [1.54, 1.807) is 6.07 Å². The first kappa shape index (κ1) is 19.1. The molecule has 1 atom stereocenters. The predicted molar refractivity (Wildman–Crippen MR) is 95.9 cm³/mol. The Kier molecular flexibility index (Phi) is 4.96. The normalized spacial score (nSPS) is 23.3. The lowest BCUT2D eigenvalue weighted by Crippen LogP contribution is -2.58. The molecule has 2 fully saturated rings. The Balaban J connectivity index is 1.32. The highest BCUT2D eigenvalue weighted by atomic mass is 19.4. The number of fused-ring (bicyclic) bond motifs is 1. The van der Waals surface area contributed by atoms with Gasteiger partial charge in [0, 0.05) is 35.3 Å². The maximum Gasteiger partial charge on any atom is 0.406 e. The van der Waals surface area contributed by atoms with Crippen LogP contribution in [0.15, 0.2) is 24.4 Å². The van der Waals surface area contributed by atoms with Crippen molar-refractivity contribution in [2.45, 2.75) is 55.9 Å². The van der Waals surface area contributed by atoms with E-state index >= 15 is 0 Å². The predicted octanol–water partition coefficient (Wildman–Crippen LogP) is 2.28. The number of aliphatic hydroxyl groups excluding tert-OH is 1. The van der Waals surface area contributed by atoms with Gasteiger partial charge in [-0.3, -0.25) is 4.79 Å². The average Bonchev–Trinajstić information content (AvgIpc) is 3.46. The molecule has 2 heterocycles. The summed E-state index contributed by atoms with van der Waals surface area (Å²) in [4.78, 5) is 21.2. The molecule has 0 aromatic carbocycles. The first-order valence-corrected chi connectivity index (χ1v) is 9.34. The number of hydrogen-bond acceptors (Lipinski definition) is 5. The summed E-state index contributed by atoms with van der Waals surface area (Å²) < 4.78 is 38.0. The number of nitrogens with zero attached hydrogens (tertiary/aromatic N) is 2. The van der Waals surface area contributed by atoms with E-state index in [1.165, 1.54) is 6.20 Å². The number of alkyl halides is 3. The number of rotatable bonds is 6. The first-order valence-electron chi connectivity index (χ1n) is 9.34. The van der Waals surface area contributed by atoms with Crippen LogP contribution in [0.1, 0.15) is 47.7 Å². The number of carbonyl (C=O) groups is 1. The van der Waals surface area contributed by atoms with Gasteiger partial charge in [-0.25, -0.2) is 9.97 Å². The molecule has 6 nitrogen and oxygen atoms in total. The molecule has 0 saturated heterocycles. The molecule has 2 aliphatic carbocycles. The van der Waals surface area contributed by atoms with Gasteiger partial charge in [0.1, 0.15) is 6.04 Å². The van der Waals surface area contributed by atoms with Crippen LogP contribution in [0.3, 0.4) is 0 Å². The molecule has 1 unspecified atom stereocenters. The van der Waals surface area contributed by atoms with Gasteiger partial charge in [0.15, 0.2) is 5.65 Å². The molecule has 3 N–H and O–H groups in total. The Hall–Kier alpha value is -2.26. The molecule has 0 bridgehead atoms. The van der Waals surface area contributed by atoms with Crippen molar-refractivity contribution in [1.82, 2.24) is 20.6 Å². The standard InChI is InChI=1S/C19H21F3N4O2/c20-19(21,22)16(9-27)24-13-6-14(7-13)25-18(28)12-5-11-3-4-15(10-1-2-10)26-17(11)23-8-12/h3-5,8,10,13-14,16,24,27H,1-2,6-7,9H2,(H,25,28)/t13-,14-,16?. The van der Waals surface area contributed by atoms with Crippen molar-refractivity contribution in [2.75, 3.05) is 6.61 Å².